The maximum Gasteiger partial charge on any atom is 0.326 e. The van der Waals surface area contributed by atoms with Gasteiger partial charge >= 0.3 is 5.97 Å². The number of nitrogens with one attached hydrogen (secondary N) is 2. The van der Waals surface area contributed by atoms with Gasteiger partial charge in [0.15, 0.2) is 0 Å². The third-order valence-electron chi connectivity index (χ3n) is 5.23. The molecule has 9 nitrogen and oxygen atoms in total. The smallest absolute Gasteiger partial charge is 0.326 e. The van der Waals surface area contributed by atoms with Gasteiger partial charge in [0.2, 0.25) is 11.8 Å². The van der Waals surface area contributed by atoms with Gasteiger partial charge in [-0.2, -0.15) is 0 Å². The Balaban J connectivity index is 0.000000286. The Morgan fingerprint density at radius 3 is 1.82 bits per heavy atom. The van der Waals surface area contributed by atoms with Crippen LogP contribution >= 0.6 is 0 Å². The van der Waals surface area contributed by atoms with Crippen molar-refractivity contribution in [1.82, 2.24) is 15.7 Å². The highest BCUT2D eigenvalue weighted by molar-refractivity contribution is 5.90. The Labute approximate surface area is 191 Å². The van der Waals surface area contributed by atoms with Gasteiger partial charge in [0.25, 0.3) is 5.91 Å². The molecule has 4 rings (SSSR count). The molecule has 2 fully saturated rings. The minimum absolute atomic E-state index is 0.0870. The largest absolute Gasteiger partial charge is 0.480 e. The summed E-state index contributed by atoms with van der Waals surface area (Å²) in [5.41, 5.74) is 1.96. The molecular weight excluding hydrogens is 426 g/mol. The zero-order valence-electron chi connectivity index (χ0n) is 18.1. The van der Waals surface area contributed by atoms with Crippen LogP contribution in [0.3, 0.4) is 0 Å². The third kappa shape index (κ3) is 7.43. The molecule has 3 N–H and O–H groups in total. The predicted octanol–water partition coefficient (Wildman–Crippen LogP) is 1.78. The summed E-state index contributed by atoms with van der Waals surface area (Å²) in [6.07, 6.45) is 1.66. The van der Waals surface area contributed by atoms with E-state index in [9.17, 15) is 19.2 Å². The van der Waals surface area contributed by atoms with Crippen LogP contribution in [0.4, 0.5) is 0 Å². The van der Waals surface area contributed by atoms with Crippen LogP contribution in [0.5, 0.6) is 0 Å². The van der Waals surface area contributed by atoms with Gasteiger partial charge in [0, 0.05) is 12.8 Å². The Bertz CT molecular complexity index is 967. The maximum atomic E-state index is 12.7. The number of hydrogen-bond donors (Lipinski definition) is 3. The Morgan fingerprint density at radius 1 is 0.848 bits per heavy atom. The van der Waals surface area contributed by atoms with Gasteiger partial charge in [-0.25, -0.2) is 9.86 Å². The average molecular weight is 453 g/mol. The molecule has 0 spiro atoms. The number of nitrogens with zero attached hydrogens (tertiary/aromatic N) is 1. The minimum Gasteiger partial charge on any atom is -0.480 e. The SMILES string of the molecule is O=C1CC[C@@H](C(=O)N(Cc2ccccc2)OCc2ccccc2)N1.O=C1CC[C@@H](C(=O)O)N1. The van der Waals surface area contributed by atoms with Gasteiger partial charge in [-0.15, -0.1) is 0 Å². The molecular formula is C24H27N3O6. The van der Waals surface area contributed by atoms with Crippen molar-refractivity contribution in [1.29, 1.82) is 0 Å². The number of benzene rings is 2. The van der Waals surface area contributed by atoms with E-state index in [1.165, 1.54) is 5.06 Å². The molecule has 33 heavy (non-hydrogen) atoms. The topological polar surface area (TPSA) is 125 Å². The number of hydrogen-bond acceptors (Lipinski definition) is 5. The standard InChI is InChI=1S/C19H20N2O3.C5H7NO3/c22-18-12-11-17(20-18)19(23)21(13-15-7-3-1-4-8-15)24-14-16-9-5-2-6-10-16;7-4-2-1-3(6-4)5(8)9/h1-10,17H,11-14H2,(H,20,22);3H,1-2H2,(H,6,7)(H,8,9)/t17-;3-/m00/s1. The molecule has 2 atom stereocenters. The van der Waals surface area contributed by atoms with E-state index < -0.39 is 18.1 Å². The monoisotopic (exact) mass is 453 g/mol. The van der Waals surface area contributed by atoms with Gasteiger partial charge < -0.3 is 15.7 Å². The first kappa shape index (κ1) is 23.9. The van der Waals surface area contributed by atoms with E-state index in [-0.39, 0.29) is 17.7 Å². The van der Waals surface area contributed by atoms with Crippen molar-refractivity contribution in [3.05, 3.63) is 71.8 Å². The third-order valence-corrected chi connectivity index (χ3v) is 5.23. The number of carboxylic acids is 1. The second kappa shape index (κ2) is 11.8. The molecule has 0 saturated carbocycles. The van der Waals surface area contributed by atoms with Crippen LogP contribution in [0.1, 0.15) is 36.8 Å². The Morgan fingerprint density at radius 2 is 1.36 bits per heavy atom. The normalized spacial score (nSPS) is 19.2. The predicted molar refractivity (Wildman–Crippen MR) is 118 cm³/mol. The van der Waals surface area contributed by atoms with Gasteiger partial charge in [0.05, 0.1) is 6.54 Å². The first-order chi connectivity index (χ1) is 15.9. The lowest BCUT2D eigenvalue weighted by molar-refractivity contribution is -0.197. The van der Waals surface area contributed by atoms with Crippen LogP contribution < -0.4 is 10.6 Å². The number of hydroxylamine groups is 2. The molecule has 0 unspecified atom stereocenters. The summed E-state index contributed by atoms with van der Waals surface area (Å²) in [5.74, 6) is -1.40. The number of carboxylic acid groups (broad SMARTS) is 1. The van der Waals surface area contributed by atoms with E-state index in [1.54, 1.807) is 0 Å². The molecule has 3 amide bonds. The fourth-order valence-electron chi connectivity index (χ4n) is 3.44. The number of amides is 3. The molecule has 9 heteroatoms. The van der Waals surface area contributed by atoms with E-state index in [2.05, 4.69) is 10.6 Å². The summed E-state index contributed by atoms with van der Waals surface area (Å²) in [4.78, 5) is 50.4. The Hall–Kier alpha value is -3.72. The maximum absolute atomic E-state index is 12.7. The van der Waals surface area contributed by atoms with Gasteiger partial charge in [-0.3, -0.25) is 19.2 Å². The number of aliphatic carboxylic acids is 1. The summed E-state index contributed by atoms with van der Waals surface area (Å²) < 4.78 is 0. The van der Waals surface area contributed by atoms with E-state index in [0.717, 1.165) is 11.1 Å². The fraction of sp³-hybridized carbons (Fsp3) is 0.333. The zero-order chi connectivity index (χ0) is 23.6. The first-order valence-electron chi connectivity index (χ1n) is 10.8. The first-order valence-corrected chi connectivity index (χ1v) is 10.8. The van der Waals surface area contributed by atoms with E-state index in [1.807, 2.05) is 60.7 Å². The molecule has 0 radical (unpaired) electrons. The average Bonchev–Trinajstić information content (AvgIpc) is 3.46. The molecule has 2 heterocycles. The van der Waals surface area contributed by atoms with Crippen molar-refractivity contribution < 1.29 is 29.1 Å². The van der Waals surface area contributed by atoms with Crippen LogP contribution in [0.2, 0.25) is 0 Å². The van der Waals surface area contributed by atoms with Crippen molar-refractivity contribution >= 4 is 23.7 Å². The molecule has 0 bridgehead atoms. The second-order valence-electron chi connectivity index (χ2n) is 7.78. The van der Waals surface area contributed by atoms with Crippen molar-refractivity contribution in [2.45, 2.75) is 50.9 Å². The van der Waals surface area contributed by atoms with Crippen LogP contribution in [0, 0.1) is 0 Å². The van der Waals surface area contributed by atoms with Crippen molar-refractivity contribution in [2.24, 2.45) is 0 Å². The number of rotatable bonds is 7. The summed E-state index contributed by atoms with van der Waals surface area (Å²) in [7, 11) is 0. The highest BCUT2D eigenvalue weighted by Crippen LogP contribution is 2.15. The van der Waals surface area contributed by atoms with Crippen molar-refractivity contribution in [2.75, 3.05) is 0 Å². The molecule has 2 saturated heterocycles. The molecule has 174 valence electrons. The molecule has 0 aliphatic carbocycles. The molecule has 0 aromatic heterocycles. The second-order valence-corrected chi connectivity index (χ2v) is 7.78. The van der Waals surface area contributed by atoms with Gasteiger partial charge in [0.1, 0.15) is 18.7 Å². The van der Waals surface area contributed by atoms with Crippen LogP contribution in [0.25, 0.3) is 0 Å². The van der Waals surface area contributed by atoms with E-state index in [0.29, 0.717) is 38.8 Å². The van der Waals surface area contributed by atoms with Crippen molar-refractivity contribution in [3.8, 4) is 0 Å². The Kier molecular flexibility index (Phi) is 8.54. The lowest BCUT2D eigenvalue weighted by atomic mass is 10.2. The van der Waals surface area contributed by atoms with E-state index >= 15 is 0 Å². The van der Waals surface area contributed by atoms with Gasteiger partial charge in [-0.1, -0.05) is 60.7 Å². The molecule has 2 aromatic rings. The van der Waals surface area contributed by atoms with Crippen LogP contribution in [-0.4, -0.2) is 45.9 Å². The summed E-state index contributed by atoms with van der Waals surface area (Å²) >= 11 is 0. The van der Waals surface area contributed by atoms with Gasteiger partial charge in [-0.05, 0) is 24.0 Å². The minimum atomic E-state index is -0.944. The summed E-state index contributed by atoms with van der Waals surface area (Å²) in [6, 6.07) is 18.2. The molecule has 2 aromatic carbocycles. The fourth-order valence-corrected chi connectivity index (χ4v) is 3.44. The highest BCUT2D eigenvalue weighted by atomic mass is 16.7. The highest BCUT2D eigenvalue weighted by Gasteiger charge is 2.31. The van der Waals surface area contributed by atoms with Crippen LogP contribution in [0.15, 0.2) is 60.7 Å². The number of carbonyl (C=O) groups is 4. The lowest BCUT2D eigenvalue weighted by Gasteiger charge is -2.25. The molecule has 2 aliphatic heterocycles. The zero-order valence-corrected chi connectivity index (χ0v) is 18.1. The van der Waals surface area contributed by atoms with Crippen LogP contribution in [-0.2, 0) is 37.2 Å². The quantitative estimate of drug-likeness (QED) is 0.549. The number of carbonyl (C=O) groups excluding carboxylic acids is 3. The summed E-state index contributed by atoms with van der Waals surface area (Å²) in [6.45, 7) is 0.652. The summed E-state index contributed by atoms with van der Waals surface area (Å²) in [5, 5.41) is 14.7. The lowest BCUT2D eigenvalue weighted by Crippen LogP contribution is -2.44. The van der Waals surface area contributed by atoms with Crippen molar-refractivity contribution in [3.63, 3.8) is 0 Å². The molecule has 2 aliphatic rings. The van der Waals surface area contributed by atoms with E-state index in [4.69, 9.17) is 9.94 Å².